The SMILES string of the molecule is CCC(CC)N(C)CC1CC(C)(C)CCC1O. The van der Waals surface area contributed by atoms with Crippen LogP contribution in [0.15, 0.2) is 0 Å². The highest BCUT2D eigenvalue weighted by Gasteiger charge is 2.34. The van der Waals surface area contributed by atoms with Gasteiger partial charge in [0.1, 0.15) is 0 Å². The van der Waals surface area contributed by atoms with E-state index in [-0.39, 0.29) is 6.10 Å². The van der Waals surface area contributed by atoms with Crippen molar-refractivity contribution >= 4 is 0 Å². The average molecular weight is 241 g/mol. The molecule has 102 valence electrons. The summed E-state index contributed by atoms with van der Waals surface area (Å²) < 4.78 is 0. The number of nitrogens with zero attached hydrogens (tertiary/aromatic N) is 1. The summed E-state index contributed by atoms with van der Waals surface area (Å²) in [4.78, 5) is 2.45. The van der Waals surface area contributed by atoms with Gasteiger partial charge in [0.05, 0.1) is 6.10 Å². The highest BCUT2D eigenvalue weighted by molar-refractivity contribution is 4.86. The van der Waals surface area contributed by atoms with Gasteiger partial charge in [-0.25, -0.2) is 0 Å². The number of hydrogen-bond donors (Lipinski definition) is 1. The third-order valence-electron chi connectivity index (χ3n) is 4.56. The number of hydrogen-bond acceptors (Lipinski definition) is 2. The van der Waals surface area contributed by atoms with Crippen LogP contribution in [0.2, 0.25) is 0 Å². The molecule has 1 aliphatic rings. The summed E-state index contributed by atoms with van der Waals surface area (Å²) in [6.45, 7) is 10.2. The molecule has 17 heavy (non-hydrogen) atoms. The Morgan fingerprint density at radius 1 is 1.29 bits per heavy atom. The Morgan fingerprint density at radius 3 is 2.41 bits per heavy atom. The molecule has 0 heterocycles. The van der Waals surface area contributed by atoms with Crippen molar-refractivity contribution in [3.05, 3.63) is 0 Å². The molecule has 1 aliphatic carbocycles. The van der Waals surface area contributed by atoms with Crippen LogP contribution in [0.1, 0.15) is 59.8 Å². The molecule has 0 aromatic carbocycles. The lowest BCUT2D eigenvalue weighted by molar-refractivity contribution is 0.00157. The summed E-state index contributed by atoms with van der Waals surface area (Å²) in [5.74, 6) is 0.462. The number of aliphatic hydroxyl groups excluding tert-OH is 1. The van der Waals surface area contributed by atoms with Crippen LogP contribution in [0.4, 0.5) is 0 Å². The zero-order valence-electron chi connectivity index (χ0n) is 12.4. The van der Waals surface area contributed by atoms with Crippen LogP contribution in [-0.2, 0) is 0 Å². The van der Waals surface area contributed by atoms with Crippen molar-refractivity contribution < 1.29 is 5.11 Å². The van der Waals surface area contributed by atoms with E-state index in [0.717, 1.165) is 13.0 Å². The quantitative estimate of drug-likeness (QED) is 0.798. The van der Waals surface area contributed by atoms with Gasteiger partial charge in [-0.2, -0.15) is 0 Å². The zero-order chi connectivity index (χ0) is 13.1. The normalized spacial score (nSPS) is 28.9. The van der Waals surface area contributed by atoms with Crippen LogP contribution in [-0.4, -0.2) is 35.7 Å². The molecule has 1 rings (SSSR count). The first-order valence-electron chi connectivity index (χ1n) is 7.28. The molecule has 0 aliphatic heterocycles. The standard InChI is InChI=1S/C15H31NO/c1-6-13(7-2)16(5)11-12-10-15(3,4)9-8-14(12)17/h12-14,17H,6-11H2,1-5H3. The lowest BCUT2D eigenvalue weighted by Gasteiger charge is -2.41. The highest BCUT2D eigenvalue weighted by Crippen LogP contribution is 2.39. The van der Waals surface area contributed by atoms with Gasteiger partial charge < -0.3 is 10.0 Å². The molecule has 0 aromatic rings. The molecule has 1 N–H and O–H groups in total. The lowest BCUT2D eigenvalue weighted by atomic mass is 9.70. The molecule has 0 amide bonds. The molecule has 0 saturated heterocycles. The van der Waals surface area contributed by atoms with E-state index in [9.17, 15) is 5.11 Å². The fourth-order valence-electron chi connectivity index (χ4n) is 3.34. The maximum atomic E-state index is 10.2. The van der Waals surface area contributed by atoms with E-state index in [1.54, 1.807) is 0 Å². The molecular formula is C15H31NO. The third-order valence-corrected chi connectivity index (χ3v) is 4.56. The second-order valence-corrected chi connectivity index (χ2v) is 6.64. The van der Waals surface area contributed by atoms with Crippen molar-refractivity contribution in [2.75, 3.05) is 13.6 Å². The topological polar surface area (TPSA) is 23.5 Å². The first-order valence-corrected chi connectivity index (χ1v) is 7.28. The Balaban J connectivity index is 2.53. The van der Waals surface area contributed by atoms with E-state index in [1.807, 2.05) is 0 Å². The van der Waals surface area contributed by atoms with Gasteiger partial charge in [-0.05, 0) is 50.5 Å². The first-order chi connectivity index (χ1) is 7.89. The summed E-state index contributed by atoms with van der Waals surface area (Å²) >= 11 is 0. The van der Waals surface area contributed by atoms with Gasteiger partial charge in [-0.1, -0.05) is 27.7 Å². The Kier molecular flexibility index (Phi) is 5.46. The summed E-state index contributed by atoms with van der Waals surface area (Å²) in [5, 5.41) is 10.2. The molecule has 0 aromatic heterocycles. The van der Waals surface area contributed by atoms with Crippen molar-refractivity contribution in [3.63, 3.8) is 0 Å². The summed E-state index contributed by atoms with van der Waals surface area (Å²) in [7, 11) is 2.21. The monoisotopic (exact) mass is 241 g/mol. The lowest BCUT2D eigenvalue weighted by Crippen LogP contribution is -2.43. The van der Waals surface area contributed by atoms with Crippen LogP contribution in [0.5, 0.6) is 0 Å². The number of aliphatic hydroxyl groups is 1. The Bertz CT molecular complexity index is 223. The fourth-order valence-corrected chi connectivity index (χ4v) is 3.34. The minimum absolute atomic E-state index is 0.0835. The Labute approximate surface area is 107 Å². The minimum atomic E-state index is -0.0835. The zero-order valence-corrected chi connectivity index (χ0v) is 12.4. The van der Waals surface area contributed by atoms with Gasteiger partial charge in [0.2, 0.25) is 0 Å². The maximum Gasteiger partial charge on any atom is 0.0581 e. The van der Waals surface area contributed by atoms with Crippen molar-refractivity contribution in [1.29, 1.82) is 0 Å². The van der Waals surface area contributed by atoms with Crippen LogP contribution >= 0.6 is 0 Å². The van der Waals surface area contributed by atoms with Gasteiger partial charge in [0, 0.05) is 12.6 Å². The van der Waals surface area contributed by atoms with Crippen LogP contribution in [0.25, 0.3) is 0 Å². The number of rotatable bonds is 5. The molecular weight excluding hydrogens is 210 g/mol. The van der Waals surface area contributed by atoms with E-state index in [1.165, 1.54) is 25.7 Å². The van der Waals surface area contributed by atoms with Crippen LogP contribution in [0.3, 0.4) is 0 Å². The summed E-state index contributed by atoms with van der Waals surface area (Å²) in [5.41, 5.74) is 0.415. The Morgan fingerprint density at radius 2 is 1.88 bits per heavy atom. The second kappa shape index (κ2) is 6.19. The van der Waals surface area contributed by atoms with E-state index in [4.69, 9.17) is 0 Å². The first kappa shape index (κ1) is 15.0. The molecule has 0 bridgehead atoms. The Hall–Kier alpha value is -0.0800. The van der Waals surface area contributed by atoms with Crippen molar-refractivity contribution in [1.82, 2.24) is 4.90 Å². The van der Waals surface area contributed by atoms with Gasteiger partial charge in [-0.15, -0.1) is 0 Å². The largest absolute Gasteiger partial charge is 0.393 e. The molecule has 2 unspecified atom stereocenters. The molecule has 2 nitrogen and oxygen atoms in total. The van der Waals surface area contributed by atoms with Crippen molar-refractivity contribution in [3.8, 4) is 0 Å². The molecule has 0 radical (unpaired) electrons. The highest BCUT2D eigenvalue weighted by atomic mass is 16.3. The van der Waals surface area contributed by atoms with Gasteiger partial charge in [0.15, 0.2) is 0 Å². The van der Waals surface area contributed by atoms with Crippen LogP contribution in [0, 0.1) is 11.3 Å². The predicted molar refractivity (Wildman–Crippen MR) is 74.1 cm³/mol. The average Bonchev–Trinajstić information content (AvgIpc) is 2.25. The molecule has 1 saturated carbocycles. The van der Waals surface area contributed by atoms with Crippen molar-refractivity contribution in [2.24, 2.45) is 11.3 Å². The molecule has 0 spiro atoms. The van der Waals surface area contributed by atoms with Gasteiger partial charge in [-0.3, -0.25) is 0 Å². The third kappa shape index (κ3) is 4.26. The second-order valence-electron chi connectivity index (χ2n) is 6.64. The predicted octanol–water partition coefficient (Wildman–Crippen LogP) is 3.29. The minimum Gasteiger partial charge on any atom is -0.393 e. The van der Waals surface area contributed by atoms with Crippen molar-refractivity contribution in [2.45, 2.75) is 71.9 Å². The van der Waals surface area contributed by atoms with Crippen LogP contribution < -0.4 is 0 Å². The van der Waals surface area contributed by atoms with E-state index in [0.29, 0.717) is 17.4 Å². The van der Waals surface area contributed by atoms with Gasteiger partial charge >= 0.3 is 0 Å². The van der Waals surface area contributed by atoms with E-state index >= 15 is 0 Å². The van der Waals surface area contributed by atoms with E-state index < -0.39 is 0 Å². The summed E-state index contributed by atoms with van der Waals surface area (Å²) in [6, 6.07) is 0.673. The van der Waals surface area contributed by atoms with E-state index in [2.05, 4.69) is 39.6 Å². The smallest absolute Gasteiger partial charge is 0.0581 e. The fraction of sp³-hybridized carbons (Fsp3) is 1.00. The summed E-state index contributed by atoms with van der Waals surface area (Å²) in [6.07, 6.45) is 5.64. The molecule has 1 fully saturated rings. The van der Waals surface area contributed by atoms with Gasteiger partial charge in [0.25, 0.3) is 0 Å². The maximum absolute atomic E-state index is 10.2. The molecule has 2 heteroatoms. The molecule has 2 atom stereocenters.